The SMILES string of the molecule is O=C(CCNC(=O)C12CC3CC(CC(C3)C1)C2)OCCCn1c(=O)[nH]c2ccccc21. The predicted molar refractivity (Wildman–Crippen MR) is 116 cm³/mol. The Bertz CT molecular complexity index is 1000. The summed E-state index contributed by atoms with van der Waals surface area (Å²) in [5.41, 5.74) is 1.33. The molecule has 0 aliphatic heterocycles. The molecule has 7 nitrogen and oxygen atoms in total. The first-order chi connectivity index (χ1) is 15.0. The smallest absolute Gasteiger partial charge is 0.326 e. The van der Waals surface area contributed by atoms with Gasteiger partial charge in [0.1, 0.15) is 0 Å². The van der Waals surface area contributed by atoms with Crippen molar-refractivity contribution in [2.45, 2.75) is 57.9 Å². The monoisotopic (exact) mass is 425 g/mol. The topological polar surface area (TPSA) is 93.2 Å². The number of amides is 1. The number of aryl methyl sites for hydroxylation is 1. The van der Waals surface area contributed by atoms with Crippen molar-refractivity contribution in [2.75, 3.05) is 13.2 Å². The molecule has 4 saturated carbocycles. The highest BCUT2D eigenvalue weighted by atomic mass is 16.5. The number of imidazole rings is 1. The number of esters is 1. The fraction of sp³-hybridized carbons (Fsp3) is 0.625. The molecule has 166 valence electrons. The van der Waals surface area contributed by atoms with Crippen molar-refractivity contribution in [3.8, 4) is 0 Å². The van der Waals surface area contributed by atoms with Crippen LogP contribution < -0.4 is 11.0 Å². The summed E-state index contributed by atoms with van der Waals surface area (Å²) in [6.07, 6.45) is 7.77. The van der Waals surface area contributed by atoms with E-state index in [2.05, 4.69) is 10.3 Å². The minimum atomic E-state index is -0.308. The van der Waals surface area contributed by atoms with E-state index < -0.39 is 0 Å². The molecule has 0 radical (unpaired) electrons. The van der Waals surface area contributed by atoms with Gasteiger partial charge in [-0.2, -0.15) is 0 Å². The van der Waals surface area contributed by atoms with Crippen molar-refractivity contribution >= 4 is 22.9 Å². The molecule has 1 aromatic heterocycles. The number of para-hydroxylation sites is 2. The molecule has 4 bridgehead atoms. The van der Waals surface area contributed by atoms with Gasteiger partial charge in [-0.25, -0.2) is 4.79 Å². The summed E-state index contributed by atoms with van der Waals surface area (Å²) in [6, 6.07) is 7.53. The summed E-state index contributed by atoms with van der Waals surface area (Å²) in [4.78, 5) is 39.9. The maximum Gasteiger partial charge on any atom is 0.326 e. The third-order valence-corrected chi connectivity index (χ3v) is 7.61. The van der Waals surface area contributed by atoms with E-state index in [9.17, 15) is 14.4 Å². The molecule has 4 aliphatic rings. The second kappa shape index (κ2) is 8.17. The van der Waals surface area contributed by atoms with Gasteiger partial charge in [0.25, 0.3) is 0 Å². The summed E-state index contributed by atoms with van der Waals surface area (Å²) in [5, 5.41) is 3.02. The van der Waals surface area contributed by atoms with Crippen molar-refractivity contribution < 1.29 is 14.3 Å². The summed E-state index contributed by atoms with van der Waals surface area (Å²) in [7, 11) is 0. The van der Waals surface area contributed by atoms with E-state index in [1.165, 1.54) is 19.3 Å². The highest BCUT2D eigenvalue weighted by Gasteiger charge is 2.54. The Morgan fingerprint density at radius 1 is 1.10 bits per heavy atom. The first-order valence-corrected chi connectivity index (χ1v) is 11.6. The van der Waals surface area contributed by atoms with Gasteiger partial charge in [0.15, 0.2) is 0 Å². The Morgan fingerprint density at radius 3 is 2.48 bits per heavy atom. The van der Waals surface area contributed by atoms with Crippen LogP contribution in [0.3, 0.4) is 0 Å². The van der Waals surface area contributed by atoms with Gasteiger partial charge in [0.05, 0.1) is 24.1 Å². The number of fused-ring (bicyclic) bond motifs is 1. The first kappa shape index (κ1) is 20.3. The maximum absolute atomic E-state index is 12.9. The van der Waals surface area contributed by atoms with E-state index in [1.807, 2.05) is 24.3 Å². The van der Waals surface area contributed by atoms with Crippen LogP contribution in [0, 0.1) is 23.2 Å². The van der Waals surface area contributed by atoms with Crippen molar-refractivity contribution in [2.24, 2.45) is 23.2 Å². The van der Waals surface area contributed by atoms with Crippen LogP contribution in [-0.4, -0.2) is 34.6 Å². The molecule has 1 aromatic carbocycles. The number of hydrogen-bond donors (Lipinski definition) is 2. The first-order valence-electron chi connectivity index (χ1n) is 11.6. The van der Waals surface area contributed by atoms with Crippen LogP contribution in [0.1, 0.15) is 51.4 Å². The quantitative estimate of drug-likeness (QED) is 0.502. The lowest BCUT2D eigenvalue weighted by molar-refractivity contribution is -0.147. The molecule has 4 fully saturated rings. The van der Waals surface area contributed by atoms with Crippen molar-refractivity contribution in [3.05, 3.63) is 34.7 Å². The number of aromatic nitrogens is 2. The Kier molecular flexibility index (Phi) is 5.36. The van der Waals surface area contributed by atoms with E-state index in [0.717, 1.165) is 48.0 Å². The number of benzene rings is 1. The predicted octanol–water partition coefficient (Wildman–Crippen LogP) is 2.99. The zero-order chi connectivity index (χ0) is 21.4. The molecule has 2 N–H and O–H groups in total. The molecular weight excluding hydrogens is 394 g/mol. The number of nitrogens with one attached hydrogen (secondary N) is 2. The van der Waals surface area contributed by atoms with Gasteiger partial charge in [-0.05, 0) is 74.8 Å². The molecule has 1 amide bonds. The van der Waals surface area contributed by atoms with Gasteiger partial charge in [-0.15, -0.1) is 0 Å². The number of hydrogen-bond acceptors (Lipinski definition) is 4. The van der Waals surface area contributed by atoms with Crippen molar-refractivity contribution in [3.63, 3.8) is 0 Å². The van der Waals surface area contributed by atoms with E-state index in [-0.39, 0.29) is 36.0 Å². The molecule has 0 atom stereocenters. The average Bonchev–Trinajstić information content (AvgIpc) is 3.05. The Morgan fingerprint density at radius 2 is 1.77 bits per heavy atom. The average molecular weight is 426 g/mol. The summed E-state index contributed by atoms with van der Waals surface area (Å²) in [6.45, 7) is 1.08. The fourth-order valence-electron chi connectivity index (χ4n) is 6.66. The van der Waals surface area contributed by atoms with E-state index >= 15 is 0 Å². The lowest BCUT2D eigenvalue weighted by atomic mass is 9.49. The van der Waals surface area contributed by atoms with Crippen LogP contribution in [0.25, 0.3) is 11.0 Å². The molecule has 31 heavy (non-hydrogen) atoms. The number of carbonyl (C=O) groups excluding carboxylic acids is 2. The van der Waals surface area contributed by atoms with Crippen LogP contribution in [0.4, 0.5) is 0 Å². The Labute approximate surface area is 181 Å². The lowest BCUT2D eigenvalue weighted by Crippen LogP contribution is -2.53. The molecule has 7 heteroatoms. The fourth-order valence-corrected chi connectivity index (χ4v) is 6.66. The molecule has 0 unspecified atom stereocenters. The van der Waals surface area contributed by atoms with Gasteiger partial charge in [-0.3, -0.25) is 14.2 Å². The summed E-state index contributed by atoms with van der Waals surface area (Å²) in [5.74, 6) is 2.03. The normalized spacial score (nSPS) is 28.7. The number of nitrogens with zero attached hydrogens (tertiary/aromatic N) is 1. The van der Waals surface area contributed by atoms with E-state index in [4.69, 9.17) is 4.74 Å². The number of H-pyrrole nitrogens is 1. The van der Waals surface area contributed by atoms with Crippen molar-refractivity contribution in [1.82, 2.24) is 14.9 Å². The molecular formula is C24H31N3O4. The molecule has 1 heterocycles. The number of aromatic amines is 1. The van der Waals surface area contributed by atoms with Gasteiger partial charge in [0, 0.05) is 18.5 Å². The number of carbonyl (C=O) groups is 2. The second-order valence-corrected chi connectivity index (χ2v) is 9.88. The Hall–Kier alpha value is -2.57. The molecule has 2 aromatic rings. The largest absolute Gasteiger partial charge is 0.466 e. The standard InChI is InChI=1S/C24H31N3O4/c28-21(31-9-3-8-27-20-5-2-1-4-19(20)26-23(27)30)6-7-25-22(29)24-13-16-10-17(14-24)12-18(11-16)15-24/h1-2,4-5,16-18H,3,6-15H2,(H,25,29)(H,26,30). The zero-order valence-electron chi connectivity index (χ0n) is 17.9. The highest BCUT2D eigenvalue weighted by molar-refractivity contribution is 5.83. The van der Waals surface area contributed by atoms with E-state index in [0.29, 0.717) is 19.5 Å². The number of ether oxygens (including phenoxy) is 1. The van der Waals surface area contributed by atoms with Gasteiger partial charge in [-0.1, -0.05) is 12.1 Å². The molecule has 6 rings (SSSR count). The van der Waals surface area contributed by atoms with Gasteiger partial charge < -0.3 is 15.0 Å². The minimum absolute atomic E-state index is 0.151. The highest BCUT2D eigenvalue weighted by Crippen LogP contribution is 2.60. The third kappa shape index (κ3) is 4.02. The van der Waals surface area contributed by atoms with Crippen molar-refractivity contribution in [1.29, 1.82) is 0 Å². The van der Waals surface area contributed by atoms with E-state index in [1.54, 1.807) is 4.57 Å². The summed E-state index contributed by atoms with van der Waals surface area (Å²) >= 11 is 0. The Balaban J connectivity index is 1.03. The maximum atomic E-state index is 12.9. The van der Waals surface area contributed by atoms with Gasteiger partial charge >= 0.3 is 11.7 Å². The van der Waals surface area contributed by atoms with Crippen LogP contribution in [0.2, 0.25) is 0 Å². The minimum Gasteiger partial charge on any atom is -0.466 e. The molecule has 4 aliphatic carbocycles. The summed E-state index contributed by atoms with van der Waals surface area (Å²) < 4.78 is 6.97. The molecule has 0 spiro atoms. The third-order valence-electron chi connectivity index (χ3n) is 7.61. The van der Waals surface area contributed by atoms with Crippen LogP contribution >= 0.6 is 0 Å². The molecule has 0 saturated heterocycles. The lowest BCUT2D eigenvalue weighted by Gasteiger charge is -2.55. The van der Waals surface area contributed by atoms with Gasteiger partial charge in [0.2, 0.25) is 5.91 Å². The van der Waals surface area contributed by atoms with Crippen LogP contribution in [0.5, 0.6) is 0 Å². The second-order valence-electron chi connectivity index (χ2n) is 9.88. The zero-order valence-corrected chi connectivity index (χ0v) is 17.9. The number of rotatable bonds is 8. The van der Waals surface area contributed by atoms with Crippen LogP contribution in [0.15, 0.2) is 29.1 Å². The van der Waals surface area contributed by atoms with Crippen LogP contribution in [-0.2, 0) is 20.9 Å².